The van der Waals surface area contributed by atoms with E-state index < -0.39 is 0 Å². The Balaban J connectivity index is 2.17. The molecular weight excluding hydrogens is 198 g/mol. The van der Waals surface area contributed by atoms with E-state index in [0.717, 1.165) is 25.3 Å². The molecule has 0 aromatic heterocycles. The number of nitrogens with two attached hydrogens (primary N) is 1. The van der Waals surface area contributed by atoms with Crippen LogP contribution in [0, 0.1) is 6.92 Å². The summed E-state index contributed by atoms with van der Waals surface area (Å²) in [6, 6.07) is 8.21. The highest BCUT2D eigenvalue weighted by Crippen LogP contribution is 2.12. The van der Waals surface area contributed by atoms with Gasteiger partial charge in [-0.3, -0.25) is 0 Å². The molecule has 0 amide bonds. The number of hydrogen-bond donors (Lipinski definition) is 1. The average Bonchev–Trinajstić information content (AvgIpc) is 2.15. The van der Waals surface area contributed by atoms with Crippen LogP contribution < -0.4 is 10.1 Å². The maximum atomic E-state index is 5.68. The Kier molecular flexibility index (Phi) is 4.81. The van der Waals surface area contributed by atoms with Crippen molar-refractivity contribution in [3.8, 4) is 5.75 Å². The molecule has 90 valence electrons. The summed E-state index contributed by atoms with van der Waals surface area (Å²) in [4.78, 5) is 0. The summed E-state index contributed by atoms with van der Waals surface area (Å²) in [6.07, 6.45) is 1.09. The fourth-order valence-electron chi connectivity index (χ4n) is 1.51. The van der Waals surface area contributed by atoms with E-state index in [1.165, 1.54) is 5.56 Å². The third kappa shape index (κ3) is 5.76. The van der Waals surface area contributed by atoms with Crippen LogP contribution in [0.25, 0.3) is 0 Å². The molecule has 0 unspecified atom stereocenters. The maximum absolute atomic E-state index is 5.68. The summed E-state index contributed by atoms with van der Waals surface area (Å²) in [5.41, 5.74) is 1.57. The van der Waals surface area contributed by atoms with Gasteiger partial charge in [0.05, 0.1) is 18.7 Å². The van der Waals surface area contributed by atoms with Crippen molar-refractivity contribution in [3.05, 3.63) is 29.8 Å². The molecule has 1 aromatic rings. The van der Waals surface area contributed by atoms with Crippen LogP contribution in [-0.4, -0.2) is 18.7 Å². The van der Waals surface area contributed by atoms with Gasteiger partial charge in [0.2, 0.25) is 0 Å². The van der Waals surface area contributed by atoms with Gasteiger partial charge in [0.15, 0.2) is 0 Å². The van der Waals surface area contributed by atoms with Gasteiger partial charge < -0.3 is 10.1 Å². The van der Waals surface area contributed by atoms with Crippen molar-refractivity contribution in [1.29, 1.82) is 0 Å². The van der Waals surface area contributed by atoms with E-state index in [1.54, 1.807) is 0 Å². The van der Waals surface area contributed by atoms with Crippen molar-refractivity contribution >= 4 is 0 Å². The summed E-state index contributed by atoms with van der Waals surface area (Å²) >= 11 is 0. The van der Waals surface area contributed by atoms with Gasteiger partial charge in [-0.15, -0.1) is 0 Å². The van der Waals surface area contributed by atoms with E-state index in [-0.39, 0.29) is 0 Å². The van der Waals surface area contributed by atoms with Crippen LogP contribution in [0.4, 0.5) is 0 Å². The number of quaternary nitrogens is 1. The first kappa shape index (κ1) is 13.0. The molecule has 0 aliphatic heterocycles. The molecule has 1 aromatic carbocycles. The number of rotatable bonds is 5. The molecule has 0 aliphatic rings. The van der Waals surface area contributed by atoms with E-state index in [0.29, 0.717) is 5.54 Å². The smallest absolute Gasteiger partial charge is 0.119 e. The topological polar surface area (TPSA) is 25.8 Å². The van der Waals surface area contributed by atoms with Gasteiger partial charge in [-0.2, -0.15) is 0 Å². The molecule has 0 saturated carbocycles. The Bertz CT molecular complexity index is 315. The highest BCUT2D eigenvalue weighted by molar-refractivity contribution is 5.27. The molecule has 2 heteroatoms. The van der Waals surface area contributed by atoms with E-state index in [1.807, 2.05) is 12.1 Å². The Morgan fingerprint density at radius 2 is 2.00 bits per heavy atom. The predicted molar refractivity (Wildman–Crippen MR) is 67.8 cm³/mol. The molecule has 16 heavy (non-hydrogen) atoms. The second kappa shape index (κ2) is 5.90. The molecule has 2 N–H and O–H groups in total. The van der Waals surface area contributed by atoms with E-state index in [2.05, 4.69) is 45.1 Å². The monoisotopic (exact) mass is 222 g/mol. The van der Waals surface area contributed by atoms with E-state index in [9.17, 15) is 0 Å². The minimum atomic E-state index is 0.323. The van der Waals surface area contributed by atoms with Crippen LogP contribution in [0.2, 0.25) is 0 Å². The first-order chi connectivity index (χ1) is 7.47. The summed E-state index contributed by atoms with van der Waals surface area (Å²) in [5.74, 6) is 0.982. The minimum Gasteiger partial charge on any atom is -0.493 e. The third-order valence-electron chi connectivity index (χ3n) is 2.36. The zero-order chi connectivity index (χ0) is 12.0. The highest BCUT2D eigenvalue weighted by atomic mass is 16.5. The van der Waals surface area contributed by atoms with Gasteiger partial charge in [0.25, 0.3) is 0 Å². The Morgan fingerprint density at radius 1 is 1.25 bits per heavy atom. The van der Waals surface area contributed by atoms with Gasteiger partial charge in [0, 0.05) is 6.42 Å². The fraction of sp³-hybridized carbons (Fsp3) is 0.571. The molecule has 0 radical (unpaired) electrons. The summed E-state index contributed by atoms with van der Waals surface area (Å²) in [7, 11) is 0. The van der Waals surface area contributed by atoms with Crippen molar-refractivity contribution in [2.75, 3.05) is 13.2 Å². The van der Waals surface area contributed by atoms with Crippen LogP contribution in [0.5, 0.6) is 5.75 Å². The van der Waals surface area contributed by atoms with Crippen LogP contribution in [0.3, 0.4) is 0 Å². The van der Waals surface area contributed by atoms with Gasteiger partial charge in [0.1, 0.15) is 5.75 Å². The zero-order valence-electron chi connectivity index (χ0n) is 10.9. The largest absolute Gasteiger partial charge is 0.493 e. The quantitative estimate of drug-likeness (QED) is 0.759. The molecule has 2 nitrogen and oxygen atoms in total. The molecule has 0 bridgehead atoms. The molecule has 0 fully saturated rings. The van der Waals surface area contributed by atoms with Crippen LogP contribution >= 0.6 is 0 Å². The van der Waals surface area contributed by atoms with Crippen LogP contribution in [0.1, 0.15) is 32.8 Å². The Labute approximate surface area is 99.0 Å². The first-order valence-electron chi connectivity index (χ1n) is 6.01. The molecule has 0 saturated heterocycles. The second-order valence-electron chi connectivity index (χ2n) is 5.38. The molecule has 0 atom stereocenters. The Morgan fingerprint density at radius 3 is 2.62 bits per heavy atom. The second-order valence-corrected chi connectivity index (χ2v) is 5.38. The van der Waals surface area contributed by atoms with E-state index in [4.69, 9.17) is 4.74 Å². The van der Waals surface area contributed by atoms with Crippen LogP contribution in [-0.2, 0) is 0 Å². The normalized spacial score (nSPS) is 11.5. The van der Waals surface area contributed by atoms with Crippen molar-refractivity contribution in [2.45, 2.75) is 39.7 Å². The zero-order valence-corrected chi connectivity index (χ0v) is 10.9. The lowest BCUT2D eigenvalue weighted by Crippen LogP contribution is -2.94. The van der Waals surface area contributed by atoms with E-state index >= 15 is 0 Å². The lowest BCUT2D eigenvalue weighted by molar-refractivity contribution is -0.717. The first-order valence-corrected chi connectivity index (χ1v) is 6.01. The summed E-state index contributed by atoms with van der Waals surface area (Å²) < 4.78 is 5.68. The van der Waals surface area contributed by atoms with Crippen molar-refractivity contribution in [3.63, 3.8) is 0 Å². The van der Waals surface area contributed by atoms with Gasteiger partial charge in [-0.25, -0.2) is 0 Å². The number of benzene rings is 1. The van der Waals surface area contributed by atoms with Crippen molar-refractivity contribution in [1.82, 2.24) is 0 Å². The molecule has 0 aliphatic carbocycles. The number of aryl methyl sites for hydroxylation is 1. The number of ether oxygens (including phenoxy) is 1. The van der Waals surface area contributed by atoms with Crippen LogP contribution in [0.15, 0.2) is 24.3 Å². The highest BCUT2D eigenvalue weighted by Gasteiger charge is 2.11. The standard InChI is InChI=1S/C14H23NO/c1-12-7-5-8-13(11-12)16-10-6-9-15-14(2,3)4/h5,7-8,11,15H,6,9-10H2,1-4H3/p+1. The molecule has 0 spiro atoms. The van der Waals surface area contributed by atoms with Gasteiger partial charge >= 0.3 is 0 Å². The summed E-state index contributed by atoms with van der Waals surface area (Å²) in [6.45, 7) is 10.7. The SMILES string of the molecule is Cc1cccc(OCCC[NH2+]C(C)(C)C)c1. The van der Waals surface area contributed by atoms with Crippen molar-refractivity contribution < 1.29 is 10.1 Å². The third-order valence-corrected chi connectivity index (χ3v) is 2.36. The number of hydrogen-bond acceptors (Lipinski definition) is 1. The predicted octanol–water partition coefficient (Wildman–Crippen LogP) is 2.13. The maximum Gasteiger partial charge on any atom is 0.119 e. The molecule has 1 rings (SSSR count). The van der Waals surface area contributed by atoms with Gasteiger partial charge in [-0.05, 0) is 45.4 Å². The Hall–Kier alpha value is -1.02. The lowest BCUT2D eigenvalue weighted by atomic mass is 10.1. The summed E-state index contributed by atoms with van der Waals surface area (Å²) in [5, 5.41) is 2.35. The molecular formula is C14H24NO+. The van der Waals surface area contributed by atoms with Gasteiger partial charge in [-0.1, -0.05) is 12.1 Å². The molecule has 0 heterocycles. The average molecular weight is 222 g/mol. The van der Waals surface area contributed by atoms with Crippen molar-refractivity contribution in [2.24, 2.45) is 0 Å². The fourth-order valence-corrected chi connectivity index (χ4v) is 1.51. The minimum absolute atomic E-state index is 0.323. The lowest BCUT2D eigenvalue weighted by Gasteiger charge is -2.16.